The molecule has 1 N–H and O–H groups in total. The van der Waals surface area contributed by atoms with Gasteiger partial charge in [-0.1, -0.05) is 60.7 Å². The summed E-state index contributed by atoms with van der Waals surface area (Å²) in [7, 11) is -0.509. The number of nitrogens with zero attached hydrogens (tertiary/aromatic N) is 3. The normalized spacial score (nSPS) is 16.7. The van der Waals surface area contributed by atoms with Gasteiger partial charge in [0.2, 0.25) is 5.16 Å². The molecule has 0 spiro atoms. The van der Waals surface area contributed by atoms with Gasteiger partial charge in [-0.15, -0.1) is 10.2 Å². The Morgan fingerprint density at radius 1 is 0.900 bits per heavy atom. The third kappa shape index (κ3) is 1.99. The lowest BCUT2D eigenvalue weighted by Crippen LogP contribution is -2.10. The summed E-state index contributed by atoms with van der Waals surface area (Å²) >= 11 is 1.75. The van der Waals surface area contributed by atoms with Gasteiger partial charge in [0.15, 0.2) is 5.82 Å². The number of aromatic nitrogens is 3. The van der Waals surface area contributed by atoms with Crippen LogP contribution in [0.5, 0.6) is 0 Å². The first-order chi connectivity index (χ1) is 9.92. The van der Waals surface area contributed by atoms with Crippen LogP contribution in [0, 0.1) is 0 Å². The zero-order valence-electron chi connectivity index (χ0n) is 10.5. The third-order valence-corrected chi connectivity index (χ3v) is 6.69. The quantitative estimate of drug-likeness (QED) is 0.738. The highest BCUT2D eigenvalue weighted by atomic mass is 32.7. The van der Waals surface area contributed by atoms with E-state index in [1.54, 1.807) is 11.4 Å². The summed E-state index contributed by atoms with van der Waals surface area (Å²) in [5.41, 5.74) is 1.07. The van der Waals surface area contributed by atoms with E-state index in [1.807, 2.05) is 41.1 Å². The fraction of sp³-hybridized carbons (Fsp3) is 0. The lowest BCUT2D eigenvalue weighted by Gasteiger charge is -2.11. The topological polar surface area (TPSA) is 42.7 Å². The zero-order valence-corrected chi connectivity index (χ0v) is 12.2. The van der Waals surface area contributed by atoms with E-state index in [2.05, 4.69) is 39.7 Å². The molecule has 6 heteroatoms. The zero-order chi connectivity index (χ0) is 13.4. The summed E-state index contributed by atoms with van der Waals surface area (Å²) in [5.74, 6) is 0.869. The van der Waals surface area contributed by atoms with Crippen molar-refractivity contribution < 1.29 is 0 Å². The number of benzene rings is 2. The van der Waals surface area contributed by atoms with Gasteiger partial charge in [-0.3, -0.25) is 5.20 Å². The van der Waals surface area contributed by atoms with Crippen molar-refractivity contribution in [1.29, 1.82) is 0 Å². The number of hydrogen-bond acceptors (Lipinski definition) is 4. The van der Waals surface area contributed by atoms with Crippen LogP contribution in [0.25, 0.3) is 11.4 Å². The minimum atomic E-state index is -0.509. The van der Waals surface area contributed by atoms with Crippen LogP contribution in [-0.4, -0.2) is 14.9 Å². The van der Waals surface area contributed by atoms with Crippen LogP contribution in [0.3, 0.4) is 0 Å². The largest absolute Gasteiger partial charge is 0.286 e. The molecule has 0 amide bonds. The molecule has 4 rings (SSSR count). The van der Waals surface area contributed by atoms with E-state index < -0.39 is 7.27 Å². The van der Waals surface area contributed by atoms with E-state index in [0.717, 1.165) is 16.5 Å². The molecule has 0 saturated carbocycles. The highest BCUT2D eigenvalue weighted by Gasteiger charge is 2.28. The molecule has 0 radical (unpaired) electrons. The predicted octanol–water partition coefficient (Wildman–Crippen LogP) is 3.23. The van der Waals surface area contributed by atoms with Crippen LogP contribution in [0.1, 0.15) is 0 Å². The molecule has 1 aliphatic heterocycles. The Balaban J connectivity index is 1.68. The highest BCUT2D eigenvalue weighted by molar-refractivity contribution is 8.58. The Hall–Kier alpha value is -1.84. The highest BCUT2D eigenvalue weighted by Crippen LogP contribution is 2.55. The molecule has 1 atom stereocenters. The van der Waals surface area contributed by atoms with Crippen molar-refractivity contribution in [2.45, 2.75) is 5.16 Å². The lowest BCUT2D eigenvalue weighted by molar-refractivity contribution is 0.862. The van der Waals surface area contributed by atoms with Crippen molar-refractivity contribution in [2.75, 3.05) is 5.20 Å². The van der Waals surface area contributed by atoms with Gasteiger partial charge in [0.25, 0.3) is 0 Å². The Morgan fingerprint density at radius 2 is 1.60 bits per heavy atom. The Morgan fingerprint density at radius 3 is 2.35 bits per heavy atom. The molecule has 98 valence electrons. The number of nitrogens with one attached hydrogen (secondary N) is 1. The molecule has 1 aromatic heterocycles. The van der Waals surface area contributed by atoms with Crippen molar-refractivity contribution in [3.05, 3.63) is 60.7 Å². The molecular formula is C14H11N4PS. The summed E-state index contributed by atoms with van der Waals surface area (Å²) in [6, 6.07) is 20.6. The van der Waals surface area contributed by atoms with Crippen molar-refractivity contribution in [3.63, 3.8) is 0 Å². The summed E-state index contributed by atoms with van der Waals surface area (Å²) < 4.78 is 2.00. The van der Waals surface area contributed by atoms with Gasteiger partial charge >= 0.3 is 0 Å². The average Bonchev–Trinajstić information content (AvgIpc) is 3.09. The van der Waals surface area contributed by atoms with Crippen LogP contribution in [0.15, 0.2) is 65.8 Å². The molecule has 0 saturated heterocycles. The molecule has 2 heterocycles. The molecule has 0 bridgehead atoms. The minimum Gasteiger partial charge on any atom is -0.286 e. The first-order valence-corrected chi connectivity index (χ1v) is 8.99. The van der Waals surface area contributed by atoms with Crippen molar-refractivity contribution in [2.24, 2.45) is 0 Å². The molecule has 0 aliphatic carbocycles. The second-order valence-corrected chi connectivity index (χ2v) is 7.82. The average molecular weight is 298 g/mol. The first kappa shape index (κ1) is 11.9. The van der Waals surface area contributed by atoms with Gasteiger partial charge in [-0.05, 0) is 11.4 Å². The maximum Gasteiger partial charge on any atom is 0.216 e. The van der Waals surface area contributed by atoms with Crippen LogP contribution in [-0.2, 0) is 0 Å². The minimum absolute atomic E-state index is 0.509. The van der Waals surface area contributed by atoms with Gasteiger partial charge in [-0.25, -0.2) is 4.68 Å². The fourth-order valence-electron chi connectivity index (χ4n) is 2.06. The SMILES string of the molecule is c1ccc(-c2nnc3n2NP(c2ccccc2)S3)cc1. The van der Waals surface area contributed by atoms with Crippen LogP contribution in [0.2, 0.25) is 0 Å². The van der Waals surface area contributed by atoms with Gasteiger partial charge in [0.05, 0.1) is 0 Å². The lowest BCUT2D eigenvalue weighted by atomic mass is 10.2. The molecule has 3 aromatic rings. The summed E-state index contributed by atoms with van der Waals surface area (Å²) in [4.78, 5) is 0. The fourth-order valence-corrected chi connectivity index (χ4v) is 5.55. The van der Waals surface area contributed by atoms with E-state index >= 15 is 0 Å². The summed E-state index contributed by atoms with van der Waals surface area (Å²) in [6.07, 6.45) is 0. The maximum absolute atomic E-state index is 4.28. The Labute approximate surface area is 121 Å². The van der Waals surface area contributed by atoms with E-state index in [9.17, 15) is 0 Å². The smallest absolute Gasteiger partial charge is 0.216 e. The van der Waals surface area contributed by atoms with Crippen LogP contribution in [0.4, 0.5) is 0 Å². The molecule has 4 nitrogen and oxygen atoms in total. The second-order valence-electron chi connectivity index (χ2n) is 4.33. The molecule has 1 unspecified atom stereocenters. The molecular weight excluding hydrogens is 287 g/mol. The van der Waals surface area contributed by atoms with Crippen molar-refractivity contribution >= 4 is 24.0 Å². The van der Waals surface area contributed by atoms with E-state index in [4.69, 9.17) is 0 Å². The van der Waals surface area contributed by atoms with E-state index in [-0.39, 0.29) is 0 Å². The Bertz CT molecular complexity index is 729. The maximum atomic E-state index is 4.28. The van der Waals surface area contributed by atoms with Gasteiger partial charge < -0.3 is 0 Å². The van der Waals surface area contributed by atoms with Gasteiger partial charge in [0, 0.05) is 10.9 Å². The monoisotopic (exact) mass is 298 g/mol. The van der Waals surface area contributed by atoms with E-state index in [0.29, 0.717) is 0 Å². The summed E-state index contributed by atoms with van der Waals surface area (Å²) in [5, 5.41) is 14.3. The number of rotatable bonds is 2. The Kier molecular flexibility index (Phi) is 2.94. The standard InChI is InChI=1S/C14H11N4PS/c1-3-7-11(8-4-1)13-15-16-14-18(13)17-19(20-14)12-9-5-2-6-10-12/h1-10,17H. The number of hydrogen-bond donors (Lipinski definition) is 1. The predicted molar refractivity (Wildman–Crippen MR) is 83.7 cm³/mol. The van der Waals surface area contributed by atoms with Gasteiger partial charge in [0.1, 0.15) is 7.27 Å². The van der Waals surface area contributed by atoms with Crippen LogP contribution < -0.4 is 10.5 Å². The molecule has 1 aliphatic rings. The second kappa shape index (κ2) is 4.93. The third-order valence-electron chi connectivity index (χ3n) is 3.02. The van der Waals surface area contributed by atoms with E-state index in [1.165, 1.54) is 5.30 Å². The summed E-state index contributed by atoms with van der Waals surface area (Å²) in [6.45, 7) is 0. The molecule has 20 heavy (non-hydrogen) atoms. The molecule has 2 aromatic carbocycles. The van der Waals surface area contributed by atoms with Crippen LogP contribution >= 0.6 is 18.7 Å². The van der Waals surface area contributed by atoms with Gasteiger partial charge in [-0.2, -0.15) is 0 Å². The number of fused-ring (bicyclic) bond motifs is 1. The first-order valence-electron chi connectivity index (χ1n) is 6.22. The van der Waals surface area contributed by atoms with Crippen molar-refractivity contribution in [3.8, 4) is 11.4 Å². The van der Waals surface area contributed by atoms with Crippen molar-refractivity contribution in [1.82, 2.24) is 14.9 Å². The molecule has 0 fully saturated rings.